The molecule has 2 aromatic rings. The van der Waals surface area contributed by atoms with Crippen LogP contribution in [0.4, 0.5) is 0 Å². The summed E-state index contributed by atoms with van der Waals surface area (Å²) >= 11 is 0. The molecule has 0 spiro atoms. The number of hydrogen-bond donors (Lipinski definition) is 1. The Morgan fingerprint density at radius 3 is 3.07 bits per heavy atom. The fourth-order valence-corrected chi connectivity index (χ4v) is 2.25. The SMILES string of the molecule is c1ccc2ncc(C3CCNC3)cc2c1. The Balaban J connectivity index is 2.05. The highest BCUT2D eigenvalue weighted by molar-refractivity contribution is 5.78. The first-order valence-electron chi connectivity index (χ1n) is 5.49. The zero-order chi connectivity index (χ0) is 10.1. The van der Waals surface area contributed by atoms with Crippen molar-refractivity contribution in [2.45, 2.75) is 12.3 Å². The molecule has 1 unspecified atom stereocenters. The summed E-state index contributed by atoms with van der Waals surface area (Å²) in [7, 11) is 0. The van der Waals surface area contributed by atoms with E-state index in [1.54, 1.807) is 0 Å². The Morgan fingerprint density at radius 2 is 2.20 bits per heavy atom. The van der Waals surface area contributed by atoms with E-state index in [1.165, 1.54) is 17.4 Å². The van der Waals surface area contributed by atoms with Crippen LogP contribution in [0.3, 0.4) is 0 Å². The van der Waals surface area contributed by atoms with Crippen molar-refractivity contribution in [2.24, 2.45) is 0 Å². The second-order valence-corrected chi connectivity index (χ2v) is 4.15. The van der Waals surface area contributed by atoms with Crippen LogP contribution < -0.4 is 5.32 Å². The third-order valence-corrected chi connectivity index (χ3v) is 3.14. The molecule has 15 heavy (non-hydrogen) atoms. The van der Waals surface area contributed by atoms with Crippen LogP contribution in [-0.4, -0.2) is 18.1 Å². The summed E-state index contributed by atoms with van der Waals surface area (Å²) in [4.78, 5) is 4.50. The molecule has 1 saturated heterocycles. The minimum Gasteiger partial charge on any atom is -0.316 e. The molecule has 0 bridgehead atoms. The lowest BCUT2D eigenvalue weighted by Crippen LogP contribution is -2.08. The van der Waals surface area contributed by atoms with Crippen molar-refractivity contribution in [3.63, 3.8) is 0 Å². The van der Waals surface area contributed by atoms with Crippen LogP contribution in [0, 0.1) is 0 Å². The lowest BCUT2D eigenvalue weighted by atomic mass is 9.99. The molecular weight excluding hydrogens is 184 g/mol. The summed E-state index contributed by atoms with van der Waals surface area (Å²) in [5.41, 5.74) is 2.46. The van der Waals surface area contributed by atoms with E-state index in [2.05, 4.69) is 34.6 Å². The molecule has 2 heteroatoms. The predicted molar refractivity (Wildman–Crippen MR) is 62.0 cm³/mol. The quantitative estimate of drug-likeness (QED) is 0.760. The summed E-state index contributed by atoms with van der Waals surface area (Å²) in [6, 6.07) is 10.6. The number of benzene rings is 1. The van der Waals surface area contributed by atoms with Crippen molar-refractivity contribution >= 4 is 10.9 Å². The van der Waals surface area contributed by atoms with E-state index < -0.39 is 0 Å². The van der Waals surface area contributed by atoms with Gasteiger partial charge >= 0.3 is 0 Å². The van der Waals surface area contributed by atoms with E-state index in [9.17, 15) is 0 Å². The minimum atomic E-state index is 0.655. The molecule has 0 radical (unpaired) electrons. The van der Waals surface area contributed by atoms with Gasteiger partial charge in [0.05, 0.1) is 5.52 Å². The largest absolute Gasteiger partial charge is 0.316 e. The predicted octanol–water partition coefficient (Wildman–Crippen LogP) is 2.31. The lowest BCUT2D eigenvalue weighted by Gasteiger charge is -2.08. The Hall–Kier alpha value is -1.41. The van der Waals surface area contributed by atoms with Crippen molar-refractivity contribution < 1.29 is 0 Å². The molecular formula is C13H14N2. The number of rotatable bonds is 1. The van der Waals surface area contributed by atoms with Gasteiger partial charge in [-0.2, -0.15) is 0 Å². The van der Waals surface area contributed by atoms with Crippen molar-refractivity contribution in [1.82, 2.24) is 10.3 Å². The second kappa shape index (κ2) is 3.63. The topological polar surface area (TPSA) is 24.9 Å². The van der Waals surface area contributed by atoms with Crippen LogP contribution in [0.15, 0.2) is 36.5 Å². The fourth-order valence-electron chi connectivity index (χ4n) is 2.25. The summed E-state index contributed by atoms with van der Waals surface area (Å²) < 4.78 is 0. The van der Waals surface area contributed by atoms with Crippen molar-refractivity contribution in [1.29, 1.82) is 0 Å². The molecule has 2 nitrogen and oxygen atoms in total. The van der Waals surface area contributed by atoms with Gasteiger partial charge in [-0.25, -0.2) is 0 Å². The number of para-hydroxylation sites is 1. The van der Waals surface area contributed by atoms with Crippen LogP contribution in [0.2, 0.25) is 0 Å². The van der Waals surface area contributed by atoms with Crippen LogP contribution in [0.25, 0.3) is 10.9 Å². The lowest BCUT2D eigenvalue weighted by molar-refractivity contribution is 0.761. The van der Waals surface area contributed by atoms with Crippen LogP contribution >= 0.6 is 0 Å². The molecule has 1 fully saturated rings. The van der Waals surface area contributed by atoms with Gasteiger partial charge in [-0.05, 0) is 36.6 Å². The van der Waals surface area contributed by atoms with E-state index in [1.807, 2.05) is 12.3 Å². The standard InChI is InChI=1S/C13H14N2/c1-2-4-13-10(3-1)7-12(9-15-13)11-5-6-14-8-11/h1-4,7,9,11,14H,5-6,8H2. The first kappa shape index (κ1) is 8.86. The number of fused-ring (bicyclic) bond motifs is 1. The van der Waals surface area contributed by atoms with Crippen molar-refractivity contribution in [3.8, 4) is 0 Å². The summed E-state index contributed by atoms with van der Waals surface area (Å²) in [5.74, 6) is 0.655. The minimum absolute atomic E-state index is 0.655. The third-order valence-electron chi connectivity index (χ3n) is 3.14. The Kier molecular flexibility index (Phi) is 2.14. The molecule has 3 rings (SSSR count). The second-order valence-electron chi connectivity index (χ2n) is 4.15. The Bertz CT molecular complexity index is 473. The van der Waals surface area contributed by atoms with Gasteiger partial charge in [0.15, 0.2) is 0 Å². The molecule has 1 aromatic heterocycles. The summed E-state index contributed by atoms with van der Waals surface area (Å²) in [6.45, 7) is 2.23. The molecule has 1 aliphatic rings. The van der Waals surface area contributed by atoms with E-state index in [0.29, 0.717) is 5.92 Å². The van der Waals surface area contributed by atoms with Gasteiger partial charge in [0.1, 0.15) is 0 Å². The van der Waals surface area contributed by atoms with E-state index >= 15 is 0 Å². The molecule has 0 amide bonds. The maximum Gasteiger partial charge on any atom is 0.0702 e. The van der Waals surface area contributed by atoms with Crippen LogP contribution in [0.5, 0.6) is 0 Å². The van der Waals surface area contributed by atoms with Crippen LogP contribution in [-0.2, 0) is 0 Å². The highest BCUT2D eigenvalue weighted by Gasteiger charge is 2.16. The maximum absolute atomic E-state index is 4.50. The number of nitrogens with one attached hydrogen (secondary N) is 1. The van der Waals surface area contributed by atoms with Gasteiger partial charge in [0.25, 0.3) is 0 Å². The third kappa shape index (κ3) is 1.61. The van der Waals surface area contributed by atoms with Gasteiger partial charge < -0.3 is 5.32 Å². The molecule has 0 saturated carbocycles. The normalized spacial score (nSPS) is 20.9. The van der Waals surface area contributed by atoms with E-state index in [0.717, 1.165) is 18.6 Å². The Morgan fingerprint density at radius 1 is 1.27 bits per heavy atom. The molecule has 1 aliphatic heterocycles. The molecule has 1 aromatic carbocycles. The number of hydrogen-bond acceptors (Lipinski definition) is 2. The smallest absolute Gasteiger partial charge is 0.0702 e. The highest BCUT2D eigenvalue weighted by Crippen LogP contribution is 2.24. The van der Waals surface area contributed by atoms with Crippen molar-refractivity contribution in [3.05, 3.63) is 42.1 Å². The average Bonchev–Trinajstić information content (AvgIpc) is 2.82. The zero-order valence-corrected chi connectivity index (χ0v) is 8.61. The monoisotopic (exact) mass is 198 g/mol. The zero-order valence-electron chi connectivity index (χ0n) is 8.61. The van der Waals surface area contributed by atoms with Crippen LogP contribution in [0.1, 0.15) is 17.9 Å². The first-order valence-corrected chi connectivity index (χ1v) is 5.49. The first-order chi connectivity index (χ1) is 7.43. The van der Waals surface area contributed by atoms with Gasteiger partial charge in [-0.15, -0.1) is 0 Å². The van der Waals surface area contributed by atoms with E-state index in [-0.39, 0.29) is 0 Å². The summed E-state index contributed by atoms with van der Waals surface area (Å²) in [6.07, 6.45) is 3.26. The fraction of sp³-hybridized carbons (Fsp3) is 0.308. The molecule has 1 N–H and O–H groups in total. The Labute approximate surface area is 89.3 Å². The van der Waals surface area contributed by atoms with Gasteiger partial charge in [0.2, 0.25) is 0 Å². The van der Waals surface area contributed by atoms with E-state index in [4.69, 9.17) is 0 Å². The molecule has 0 aliphatic carbocycles. The molecule has 76 valence electrons. The molecule has 2 heterocycles. The number of nitrogens with zero attached hydrogens (tertiary/aromatic N) is 1. The molecule has 1 atom stereocenters. The van der Waals surface area contributed by atoms with Gasteiger partial charge in [0, 0.05) is 18.1 Å². The number of aromatic nitrogens is 1. The number of pyridine rings is 1. The highest BCUT2D eigenvalue weighted by atomic mass is 14.9. The average molecular weight is 198 g/mol. The maximum atomic E-state index is 4.50. The van der Waals surface area contributed by atoms with Crippen molar-refractivity contribution in [2.75, 3.05) is 13.1 Å². The van der Waals surface area contributed by atoms with Gasteiger partial charge in [-0.3, -0.25) is 4.98 Å². The summed E-state index contributed by atoms with van der Waals surface area (Å²) in [5, 5.41) is 4.64. The van der Waals surface area contributed by atoms with Gasteiger partial charge in [-0.1, -0.05) is 18.2 Å².